The molecule has 9 heteroatoms. The molecule has 3 heterocycles. The van der Waals surface area contributed by atoms with E-state index in [1.807, 2.05) is 54.3 Å². The fraction of sp³-hybridized carbons (Fsp3) is 0.308. The van der Waals surface area contributed by atoms with Crippen LogP contribution in [0.4, 0.5) is 11.4 Å². The van der Waals surface area contributed by atoms with Gasteiger partial charge in [-0.3, -0.25) is 14.4 Å². The third-order valence-electron chi connectivity index (χ3n) is 6.65. The predicted octanol–water partition coefficient (Wildman–Crippen LogP) is 2.90. The van der Waals surface area contributed by atoms with Gasteiger partial charge in [0.15, 0.2) is 0 Å². The molecule has 2 saturated heterocycles. The second kappa shape index (κ2) is 9.54. The molecule has 2 aliphatic rings. The van der Waals surface area contributed by atoms with Crippen molar-refractivity contribution in [3.63, 3.8) is 0 Å². The predicted molar refractivity (Wildman–Crippen MR) is 135 cm³/mol. The quantitative estimate of drug-likeness (QED) is 0.560. The van der Waals surface area contributed by atoms with E-state index in [4.69, 9.17) is 11.6 Å². The Bertz CT molecular complexity index is 1300. The number of benzene rings is 2. The highest BCUT2D eigenvalue weighted by molar-refractivity contribution is 6.33. The van der Waals surface area contributed by atoms with Crippen molar-refractivity contribution in [3.05, 3.63) is 81.7 Å². The van der Waals surface area contributed by atoms with Crippen LogP contribution in [0.2, 0.25) is 5.02 Å². The molecular formula is C26H26ClN5O3. The maximum absolute atomic E-state index is 13.2. The SMILES string of the molecule is Cc1ccc(N2C[C@H](C(=O)N3CCN(c4cnn(-c5ccccc5)c(=O)c4Cl)CC3)CC2=O)cc1. The third-order valence-corrected chi connectivity index (χ3v) is 7.01. The van der Waals surface area contributed by atoms with Crippen molar-refractivity contribution in [1.82, 2.24) is 14.7 Å². The molecule has 0 spiro atoms. The summed E-state index contributed by atoms with van der Waals surface area (Å²) >= 11 is 6.45. The maximum Gasteiger partial charge on any atom is 0.292 e. The van der Waals surface area contributed by atoms with Crippen molar-refractivity contribution in [2.75, 3.05) is 42.5 Å². The van der Waals surface area contributed by atoms with Crippen LogP contribution in [0.1, 0.15) is 12.0 Å². The first-order valence-electron chi connectivity index (χ1n) is 11.7. The van der Waals surface area contributed by atoms with Crippen LogP contribution in [-0.4, -0.2) is 59.2 Å². The van der Waals surface area contributed by atoms with Gasteiger partial charge in [-0.25, -0.2) is 0 Å². The summed E-state index contributed by atoms with van der Waals surface area (Å²) in [6.07, 6.45) is 1.82. The number of carbonyl (C=O) groups is 2. The van der Waals surface area contributed by atoms with Gasteiger partial charge in [0.2, 0.25) is 11.8 Å². The van der Waals surface area contributed by atoms with Gasteiger partial charge in [-0.15, -0.1) is 0 Å². The third kappa shape index (κ3) is 4.53. The van der Waals surface area contributed by atoms with Gasteiger partial charge in [-0.1, -0.05) is 47.5 Å². The minimum Gasteiger partial charge on any atom is -0.365 e. The number of halogens is 1. The normalized spacial score (nSPS) is 18.3. The number of anilines is 2. The number of hydrogen-bond acceptors (Lipinski definition) is 5. The maximum atomic E-state index is 13.2. The largest absolute Gasteiger partial charge is 0.365 e. The molecule has 0 saturated carbocycles. The van der Waals surface area contributed by atoms with E-state index in [2.05, 4.69) is 5.10 Å². The van der Waals surface area contributed by atoms with E-state index in [-0.39, 0.29) is 34.7 Å². The van der Waals surface area contributed by atoms with Crippen LogP contribution in [0.15, 0.2) is 65.6 Å². The molecule has 35 heavy (non-hydrogen) atoms. The number of piperazine rings is 1. The number of rotatable bonds is 4. The number of carbonyl (C=O) groups excluding carboxylic acids is 2. The zero-order chi connectivity index (χ0) is 24.5. The lowest BCUT2D eigenvalue weighted by atomic mass is 10.1. The van der Waals surface area contributed by atoms with Gasteiger partial charge in [-0.2, -0.15) is 9.78 Å². The first-order chi connectivity index (χ1) is 16.9. The molecule has 1 aromatic heterocycles. The zero-order valence-electron chi connectivity index (χ0n) is 19.4. The van der Waals surface area contributed by atoms with Gasteiger partial charge in [0, 0.05) is 44.8 Å². The molecule has 0 bridgehead atoms. The molecule has 0 aliphatic carbocycles. The van der Waals surface area contributed by atoms with Gasteiger partial charge in [0.05, 0.1) is 23.5 Å². The average Bonchev–Trinajstić information content (AvgIpc) is 3.28. The van der Waals surface area contributed by atoms with E-state index < -0.39 is 0 Å². The summed E-state index contributed by atoms with van der Waals surface area (Å²) in [7, 11) is 0. The van der Waals surface area contributed by atoms with E-state index in [0.717, 1.165) is 11.3 Å². The minimum atomic E-state index is -0.380. The molecule has 8 nitrogen and oxygen atoms in total. The Kier molecular flexibility index (Phi) is 6.30. The van der Waals surface area contributed by atoms with Gasteiger partial charge in [0.1, 0.15) is 5.02 Å². The second-order valence-corrected chi connectivity index (χ2v) is 9.33. The molecule has 2 aliphatic heterocycles. The van der Waals surface area contributed by atoms with E-state index in [1.165, 1.54) is 4.68 Å². The molecule has 0 radical (unpaired) electrons. The number of aryl methyl sites for hydroxylation is 1. The molecule has 0 N–H and O–H groups in total. The Labute approximate surface area is 208 Å². The van der Waals surface area contributed by atoms with E-state index in [1.54, 1.807) is 28.1 Å². The second-order valence-electron chi connectivity index (χ2n) is 8.95. The summed E-state index contributed by atoms with van der Waals surface area (Å²) in [6, 6.07) is 16.9. The highest BCUT2D eigenvalue weighted by Crippen LogP contribution is 2.28. The van der Waals surface area contributed by atoms with E-state index >= 15 is 0 Å². The van der Waals surface area contributed by atoms with Crippen molar-refractivity contribution in [3.8, 4) is 5.69 Å². The van der Waals surface area contributed by atoms with Gasteiger partial charge in [-0.05, 0) is 31.2 Å². The molecule has 2 aromatic carbocycles. The molecule has 1 atom stereocenters. The highest BCUT2D eigenvalue weighted by Gasteiger charge is 2.38. The van der Waals surface area contributed by atoms with E-state index in [0.29, 0.717) is 44.1 Å². The molecule has 5 rings (SSSR count). The number of para-hydroxylation sites is 1. The monoisotopic (exact) mass is 491 g/mol. The van der Waals surface area contributed by atoms with E-state index in [9.17, 15) is 14.4 Å². The number of amides is 2. The molecule has 2 amide bonds. The van der Waals surface area contributed by atoms with Crippen LogP contribution < -0.4 is 15.4 Å². The molecular weight excluding hydrogens is 466 g/mol. The first kappa shape index (κ1) is 23.1. The Hall–Kier alpha value is -3.65. The first-order valence-corrected chi connectivity index (χ1v) is 12.0. The summed E-state index contributed by atoms with van der Waals surface area (Å²) in [5.41, 5.74) is 2.78. The van der Waals surface area contributed by atoms with Crippen LogP contribution in [0, 0.1) is 12.8 Å². The smallest absolute Gasteiger partial charge is 0.292 e. The highest BCUT2D eigenvalue weighted by atomic mass is 35.5. The Morgan fingerprint density at radius 3 is 2.31 bits per heavy atom. The summed E-state index contributed by atoms with van der Waals surface area (Å²) in [4.78, 5) is 44.1. The lowest BCUT2D eigenvalue weighted by Gasteiger charge is -2.37. The lowest BCUT2D eigenvalue weighted by Crippen LogP contribution is -2.51. The molecule has 0 unspecified atom stereocenters. The topological polar surface area (TPSA) is 78.8 Å². The van der Waals surface area contributed by atoms with Crippen molar-refractivity contribution < 1.29 is 9.59 Å². The van der Waals surface area contributed by atoms with Gasteiger partial charge in [0.25, 0.3) is 5.56 Å². The van der Waals surface area contributed by atoms with Crippen molar-refractivity contribution >= 4 is 34.8 Å². The molecule has 180 valence electrons. The van der Waals surface area contributed by atoms with Crippen molar-refractivity contribution in [2.45, 2.75) is 13.3 Å². The zero-order valence-corrected chi connectivity index (χ0v) is 20.2. The van der Waals surface area contributed by atoms with Crippen LogP contribution in [0.3, 0.4) is 0 Å². The fourth-order valence-electron chi connectivity index (χ4n) is 4.67. The molecule has 2 fully saturated rings. The van der Waals surface area contributed by atoms with Gasteiger partial charge >= 0.3 is 0 Å². The number of nitrogens with zero attached hydrogens (tertiary/aromatic N) is 5. The number of hydrogen-bond donors (Lipinski definition) is 0. The lowest BCUT2D eigenvalue weighted by molar-refractivity contribution is -0.136. The van der Waals surface area contributed by atoms with Crippen molar-refractivity contribution in [1.29, 1.82) is 0 Å². The van der Waals surface area contributed by atoms with Crippen LogP contribution in [0.25, 0.3) is 5.69 Å². The minimum absolute atomic E-state index is 0.00340. The summed E-state index contributed by atoms with van der Waals surface area (Å²) in [5.74, 6) is -0.380. The summed E-state index contributed by atoms with van der Waals surface area (Å²) in [5, 5.41) is 4.42. The van der Waals surface area contributed by atoms with Crippen LogP contribution in [-0.2, 0) is 9.59 Å². The number of aromatic nitrogens is 2. The Morgan fingerprint density at radius 2 is 1.63 bits per heavy atom. The summed E-state index contributed by atoms with van der Waals surface area (Å²) in [6.45, 7) is 4.44. The summed E-state index contributed by atoms with van der Waals surface area (Å²) < 4.78 is 1.28. The molecule has 3 aromatic rings. The van der Waals surface area contributed by atoms with Gasteiger partial charge < -0.3 is 14.7 Å². The standard InChI is InChI=1S/C26H26ClN5O3/c1-18-7-9-20(10-8-18)31-17-19(15-23(31)33)25(34)30-13-11-29(12-14-30)22-16-28-32(26(35)24(22)27)21-5-3-2-4-6-21/h2-10,16,19H,11-15,17H2,1H3/t19-/m1/s1. The van der Waals surface area contributed by atoms with Crippen molar-refractivity contribution in [2.24, 2.45) is 5.92 Å². The Balaban J connectivity index is 1.23. The average molecular weight is 492 g/mol. The fourth-order valence-corrected chi connectivity index (χ4v) is 4.92. The Morgan fingerprint density at radius 1 is 0.943 bits per heavy atom. The van der Waals surface area contributed by atoms with Crippen LogP contribution >= 0.6 is 11.6 Å². The van der Waals surface area contributed by atoms with Crippen LogP contribution in [0.5, 0.6) is 0 Å².